The van der Waals surface area contributed by atoms with Gasteiger partial charge in [0.25, 0.3) is 0 Å². The SMILES string of the molecule is COc1cccc(N2CCN(Cc3ncc(F)cc3F)CC2)c1. The first-order valence-electron chi connectivity index (χ1n) is 7.57. The van der Waals surface area contributed by atoms with Crippen LogP contribution in [0.15, 0.2) is 36.5 Å². The van der Waals surface area contributed by atoms with Crippen LogP contribution in [0, 0.1) is 11.6 Å². The number of halogens is 2. The van der Waals surface area contributed by atoms with E-state index >= 15 is 0 Å². The van der Waals surface area contributed by atoms with Crippen molar-refractivity contribution in [1.29, 1.82) is 0 Å². The first kappa shape index (κ1) is 15.7. The van der Waals surface area contributed by atoms with Crippen LogP contribution in [0.3, 0.4) is 0 Å². The number of benzene rings is 1. The summed E-state index contributed by atoms with van der Waals surface area (Å²) in [6, 6.07) is 8.84. The lowest BCUT2D eigenvalue weighted by Crippen LogP contribution is -2.46. The lowest BCUT2D eigenvalue weighted by molar-refractivity contribution is 0.243. The van der Waals surface area contributed by atoms with Crippen molar-refractivity contribution in [2.45, 2.75) is 6.54 Å². The summed E-state index contributed by atoms with van der Waals surface area (Å²) in [5.74, 6) is -0.392. The van der Waals surface area contributed by atoms with Gasteiger partial charge in [-0.05, 0) is 12.1 Å². The van der Waals surface area contributed by atoms with E-state index in [1.54, 1.807) is 7.11 Å². The van der Waals surface area contributed by atoms with Gasteiger partial charge in [-0.3, -0.25) is 9.88 Å². The van der Waals surface area contributed by atoms with Gasteiger partial charge in [-0.2, -0.15) is 0 Å². The molecule has 6 heteroatoms. The van der Waals surface area contributed by atoms with E-state index < -0.39 is 11.6 Å². The first-order valence-corrected chi connectivity index (χ1v) is 7.57. The highest BCUT2D eigenvalue weighted by Gasteiger charge is 2.19. The minimum atomic E-state index is -0.644. The lowest BCUT2D eigenvalue weighted by atomic mass is 10.2. The Hall–Kier alpha value is -2.21. The molecule has 0 amide bonds. The number of hydrogen-bond donors (Lipinski definition) is 0. The van der Waals surface area contributed by atoms with Crippen molar-refractivity contribution in [3.05, 3.63) is 53.9 Å². The van der Waals surface area contributed by atoms with Crippen LogP contribution < -0.4 is 9.64 Å². The summed E-state index contributed by atoms with van der Waals surface area (Å²) in [7, 11) is 1.65. The van der Waals surface area contributed by atoms with Crippen molar-refractivity contribution in [3.8, 4) is 5.75 Å². The Labute approximate surface area is 134 Å². The van der Waals surface area contributed by atoms with Crippen LogP contribution in [0.5, 0.6) is 5.75 Å². The van der Waals surface area contributed by atoms with Crippen LogP contribution in [0.2, 0.25) is 0 Å². The molecule has 0 unspecified atom stereocenters. The molecule has 0 aliphatic carbocycles. The highest BCUT2D eigenvalue weighted by atomic mass is 19.1. The molecule has 3 rings (SSSR count). The van der Waals surface area contributed by atoms with Gasteiger partial charge in [-0.15, -0.1) is 0 Å². The number of methoxy groups -OCH3 is 1. The average Bonchev–Trinajstić information content (AvgIpc) is 2.58. The molecule has 1 saturated heterocycles. The molecule has 0 N–H and O–H groups in total. The summed E-state index contributed by atoms with van der Waals surface area (Å²) < 4.78 is 31.8. The van der Waals surface area contributed by atoms with E-state index in [0.29, 0.717) is 12.2 Å². The van der Waals surface area contributed by atoms with Crippen molar-refractivity contribution in [3.63, 3.8) is 0 Å². The van der Waals surface area contributed by atoms with Gasteiger partial charge in [0.15, 0.2) is 0 Å². The van der Waals surface area contributed by atoms with Crippen LogP contribution >= 0.6 is 0 Å². The third-order valence-corrected chi connectivity index (χ3v) is 4.05. The van der Waals surface area contributed by atoms with E-state index in [9.17, 15) is 8.78 Å². The zero-order chi connectivity index (χ0) is 16.2. The maximum Gasteiger partial charge on any atom is 0.148 e. The fourth-order valence-corrected chi connectivity index (χ4v) is 2.74. The smallest absolute Gasteiger partial charge is 0.148 e. The molecule has 1 aliphatic rings. The fraction of sp³-hybridized carbons (Fsp3) is 0.353. The quantitative estimate of drug-likeness (QED) is 0.866. The topological polar surface area (TPSA) is 28.6 Å². The highest BCUT2D eigenvalue weighted by molar-refractivity contribution is 5.51. The predicted molar refractivity (Wildman–Crippen MR) is 84.6 cm³/mol. The van der Waals surface area contributed by atoms with Crippen LogP contribution in [0.1, 0.15) is 5.69 Å². The van der Waals surface area contributed by atoms with Gasteiger partial charge in [0.05, 0.1) is 19.0 Å². The number of nitrogens with zero attached hydrogens (tertiary/aromatic N) is 3. The van der Waals surface area contributed by atoms with Gasteiger partial charge in [0.2, 0.25) is 0 Å². The molecule has 0 bridgehead atoms. The highest BCUT2D eigenvalue weighted by Crippen LogP contribution is 2.22. The molecule has 0 spiro atoms. The summed E-state index contributed by atoms with van der Waals surface area (Å²) in [4.78, 5) is 8.25. The van der Waals surface area contributed by atoms with Gasteiger partial charge < -0.3 is 9.64 Å². The Bertz CT molecular complexity index is 673. The minimum Gasteiger partial charge on any atom is -0.497 e. The molecule has 0 atom stereocenters. The van der Waals surface area contributed by atoms with E-state index in [2.05, 4.69) is 20.9 Å². The third kappa shape index (κ3) is 3.76. The number of rotatable bonds is 4. The van der Waals surface area contributed by atoms with E-state index in [-0.39, 0.29) is 0 Å². The molecule has 1 aromatic heterocycles. The molecule has 1 fully saturated rings. The van der Waals surface area contributed by atoms with E-state index in [0.717, 1.165) is 49.9 Å². The molecule has 0 radical (unpaired) electrons. The second-order valence-electron chi connectivity index (χ2n) is 5.55. The van der Waals surface area contributed by atoms with Crippen LogP contribution in [0.25, 0.3) is 0 Å². The molecular weight excluding hydrogens is 300 g/mol. The maximum absolute atomic E-state index is 13.7. The third-order valence-electron chi connectivity index (χ3n) is 4.05. The maximum atomic E-state index is 13.7. The van der Waals surface area contributed by atoms with Crippen molar-refractivity contribution < 1.29 is 13.5 Å². The molecule has 1 aromatic carbocycles. The normalized spacial score (nSPS) is 15.7. The standard InChI is InChI=1S/C17H19F2N3O/c1-23-15-4-2-3-14(10-15)22-7-5-21(6-8-22)12-17-16(19)9-13(18)11-20-17/h2-4,9-11H,5-8,12H2,1H3. The average molecular weight is 319 g/mol. The Kier molecular flexibility index (Phi) is 4.71. The number of piperazine rings is 1. The van der Waals surface area contributed by atoms with Gasteiger partial charge in [-0.25, -0.2) is 8.78 Å². The monoisotopic (exact) mass is 319 g/mol. The minimum absolute atomic E-state index is 0.293. The van der Waals surface area contributed by atoms with Gasteiger partial charge >= 0.3 is 0 Å². The lowest BCUT2D eigenvalue weighted by Gasteiger charge is -2.36. The Morgan fingerprint density at radius 3 is 2.61 bits per heavy atom. The zero-order valence-corrected chi connectivity index (χ0v) is 13.0. The van der Waals surface area contributed by atoms with Gasteiger partial charge in [0.1, 0.15) is 17.4 Å². The molecule has 2 aromatic rings. The van der Waals surface area contributed by atoms with Crippen LogP contribution in [-0.2, 0) is 6.54 Å². The number of pyridine rings is 1. The number of hydrogen-bond acceptors (Lipinski definition) is 4. The van der Waals surface area contributed by atoms with E-state index in [1.807, 2.05) is 18.2 Å². The van der Waals surface area contributed by atoms with Crippen molar-refractivity contribution in [1.82, 2.24) is 9.88 Å². The molecule has 23 heavy (non-hydrogen) atoms. The molecule has 0 saturated carbocycles. The van der Waals surface area contributed by atoms with Gasteiger partial charge in [0, 0.05) is 50.5 Å². The summed E-state index contributed by atoms with van der Waals surface area (Å²) in [6.45, 7) is 3.69. The van der Waals surface area contributed by atoms with Crippen molar-refractivity contribution in [2.75, 3.05) is 38.2 Å². The molecule has 1 aliphatic heterocycles. The molecule has 122 valence electrons. The molecule has 4 nitrogen and oxygen atoms in total. The first-order chi connectivity index (χ1) is 11.2. The number of aromatic nitrogens is 1. The number of anilines is 1. The Balaban J connectivity index is 1.59. The van der Waals surface area contributed by atoms with E-state index in [4.69, 9.17) is 4.74 Å². The number of ether oxygens (including phenoxy) is 1. The summed E-state index contributed by atoms with van der Waals surface area (Å²) in [5, 5.41) is 0. The fourth-order valence-electron chi connectivity index (χ4n) is 2.74. The zero-order valence-electron chi connectivity index (χ0n) is 13.0. The Morgan fingerprint density at radius 1 is 1.13 bits per heavy atom. The Morgan fingerprint density at radius 2 is 1.91 bits per heavy atom. The van der Waals surface area contributed by atoms with Crippen LogP contribution in [0.4, 0.5) is 14.5 Å². The molecular formula is C17H19F2N3O. The summed E-state index contributed by atoms with van der Waals surface area (Å²) in [6.07, 6.45) is 1.06. The predicted octanol–water partition coefficient (Wildman–Crippen LogP) is 2.69. The van der Waals surface area contributed by atoms with Crippen molar-refractivity contribution >= 4 is 5.69 Å². The largest absolute Gasteiger partial charge is 0.497 e. The second kappa shape index (κ2) is 6.91. The summed E-state index contributed by atoms with van der Waals surface area (Å²) >= 11 is 0. The summed E-state index contributed by atoms with van der Waals surface area (Å²) in [5.41, 5.74) is 1.41. The van der Waals surface area contributed by atoms with Crippen molar-refractivity contribution in [2.24, 2.45) is 0 Å². The second-order valence-corrected chi connectivity index (χ2v) is 5.55. The molecule has 2 heterocycles. The van der Waals surface area contributed by atoms with Crippen LogP contribution in [-0.4, -0.2) is 43.2 Å². The van der Waals surface area contributed by atoms with Gasteiger partial charge in [-0.1, -0.05) is 6.07 Å². The van der Waals surface area contributed by atoms with E-state index in [1.165, 1.54) is 0 Å².